The van der Waals surface area contributed by atoms with Crippen molar-refractivity contribution in [3.63, 3.8) is 0 Å². The Labute approximate surface area is 123 Å². The van der Waals surface area contributed by atoms with Gasteiger partial charge in [-0.25, -0.2) is 0 Å². The second-order valence-electron chi connectivity index (χ2n) is 4.42. The maximum atomic E-state index is 11.9. The van der Waals surface area contributed by atoms with Crippen molar-refractivity contribution in [2.45, 2.75) is 6.92 Å². The summed E-state index contributed by atoms with van der Waals surface area (Å²) >= 11 is 6.06. The van der Waals surface area contributed by atoms with Gasteiger partial charge in [0.1, 0.15) is 0 Å². The Hall–Kier alpha value is -2.26. The van der Waals surface area contributed by atoms with Gasteiger partial charge in [-0.15, -0.1) is 0 Å². The number of hydrogen-bond donors (Lipinski definition) is 2. The lowest BCUT2D eigenvalue weighted by Gasteiger charge is -2.08. The van der Waals surface area contributed by atoms with Crippen LogP contribution in [0.4, 0.5) is 11.4 Å². The van der Waals surface area contributed by atoms with E-state index in [1.165, 1.54) is 6.08 Å². The molecule has 0 aliphatic carbocycles. The quantitative estimate of drug-likeness (QED) is 0.664. The fourth-order valence-corrected chi connectivity index (χ4v) is 2.00. The molecule has 0 aliphatic heterocycles. The number of para-hydroxylation sites is 1. The smallest absolute Gasteiger partial charge is 0.248 e. The molecule has 0 spiro atoms. The average Bonchev–Trinajstić information content (AvgIpc) is 2.42. The van der Waals surface area contributed by atoms with E-state index in [-0.39, 0.29) is 5.91 Å². The maximum absolute atomic E-state index is 11.9. The molecular formula is C16H15ClN2O. The summed E-state index contributed by atoms with van der Waals surface area (Å²) < 4.78 is 0. The Kier molecular flexibility index (Phi) is 4.43. The van der Waals surface area contributed by atoms with E-state index in [2.05, 4.69) is 5.32 Å². The van der Waals surface area contributed by atoms with E-state index in [1.54, 1.807) is 24.3 Å². The lowest BCUT2D eigenvalue weighted by atomic mass is 10.2. The summed E-state index contributed by atoms with van der Waals surface area (Å²) in [6.07, 6.45) is 3.19. The molecule has 0 atom stereocenters. The number of anilines is 2. The summed E-state index contributed by atoms with van der Waals surface area (Å²) in [6.45, 7) is 1.89. The molecule has 102 valence electrons. The zero-order valence-electron chi connectivity index (χ0n) is 11.1. The number of hydrogen-bond acceptors (Lipinski definition) is 2. The summed E-state index contributed by atoms with van der Waals surface area (Å²) in [7, 11) is 0. The molecule has 0 aliphatic rings. The predicted molar refractivity (Wildman–Crippen MR) is 84.7 cm³/mol. The fraction of sp³-hybridized carbons (Fsp3) is 0.0625. The SMILES string of the molecule is Cc1cccc(Cl)c1NC(=O)/C=C/c1ccc(N)cc1. The van der Waals surface area contributed by atoms with Gasteiger partial charge in [0.15, 0.2) is 0 Å². The second-order valence-corrected chi connectivity index (χ2v) is 4.83. The van der Waals surface area contributed by atoms with Crippen LogP contribution in [0.2, 0.25) is 5.02 Å². The van der Waals surface area contributed by atoms with Gasteiger partial charge in [0.25, 0.3) is 0 Å². The Morgan fingerprint density at radius 3 is 2.55 bits per heavy atom. The molecule has 0 heterocycles. The third-order valence-electron chi connectivity index (χ3n) is 2.83. The molecule has 20 heavy (non-hydrogen) atoms. The Morgan fingerprint density at radius 2 is 1.90 bits per heavy atom. The molecule has 0 aromatic heterocycles. The van der Waals surface area contributed by atoms with Gasteiger partial charge in [0.2, 0.25) is 5.91 Å². The van der Waals surface area contributed by atoms with Crippen LogP contribution in [-0.4, -0.2) is 5.91 Å². The van der Waals surface area contributed by atoms with Crippen molar-refractivity contribution >= 4 is 35.0 Å². The molecule has 3 N–H and O–H groups in total. The van der Waals surface area contributed by atoms with Crippen LogP contribution in [0.15, 0.2) is 48.5 Å². The minimum absolute atomic E-state index is 0.224. The van der Waals surface area contributed by atoms with Crippen LogP contribution in [0.25, 0.3) is 6.08 Å². The van der Waals surface area contributed by atoms with Crippen LogP contribution < -0.4 is 11.1 Å². The number of carbonyl (C=O) groups excluding carboxylic acids is 1. The Morgan fingerprint density at radius 1 is 1.20 bits per heavy atom. The Balaban J connectivity index is 2.07. The van der Waals surface area contributed by atoms with Crippen molar-refractivity contribution in [3.05, 3.63) is 64.7 Å². The van der Waals surface area contributed by atoms with E-state index in [1.807, 2.05) is 31.2 Å². The number of aryl methyl sites for hydroxylation is 1. The molecule has 1 amide bonds. The molecule has 0 saturated carbocycles. The lowest BCUT2D eigenvalue weighted by molar-refractivity contribution is -0.111. The molecule has 2 aromatic carbocycles. The molecule has 0 unspecified atom stereocenters. The van der Waals surface area contributed by atoms with Gasteiger partial charge >= 0.3 is 0 Å². The van der Waals surface area contributed by atoms with Crippen molar-refractivity contribution in [2.75, 3.05) is 11.1 Å². The largest absolute Gasteiger partial charge is 0.399 e. The molecule has 2 rings (SSSR count). The van der Waals surface area contributed by atoms with Crippen LogP contribution in [-0.2, 0) is 4.79 Å². The van der Waals surface area contributed by atoms with E-state index >= 15 is 0 Å². The molecule has 0 bridgehead atoms. The first-order valence-corrected chi connectivity index (χ1v) is 6.54. The topological polar surface area (TPSA) is 55.1 Å². The van der Waals surface area contributed by atoms with E-state index < -0.39 is 0 Å². The number of nitrogens with one attached hydrogen (secondary N) is 1. The number of rotatable bonds is 3. The molecule has 3 nitrogen and oxygen atoms in total. The van der Waals surface area contributed by atoms with E-state index in [4.69, 9.17) is 17.3 Å². The maximum Gasteiger partial charge on any atom is 0.248 e. The van der Waals surface area contributed by atoms with Crippen LogP contribution in [0.3, 0.4) is 0 Å². The summed E-state index contributed by atoms with van der Waals surface area (Å²) in [5.74, 6) is -0.224. The van der Waals surface area contributed by atoms with Gasteiger partial charge in [0, 0.05) is 11.8 Å². The number of nitrogens with two attached hydrogens (primary N) is 1. The first-order chi connectivity index (χ1) is 9.56. The third-order valence-corrected chi connectivity index (χ3v) is 3.15. The first kappa shape index (κ1) is 14.2. The van der Waals surface area contributed by atoms with Gasteiger partial charge in [-0.3, -0.25) is 4.79 Å². The highest BCUT2D eigenvalue weighted by Crippen LogP contribution is 2.25. The van der Waals surface area contributed by atoms with Gasteiger partial charge in [-0.2, -0.15) is 0 Å². The van der Waals surface area contributed by atoms with Gasteiger partial charge in [0.05, 0.1) is 10.7 Å². The minimum Gasteiger partial charge on any atom is -0.399 e. The van der Waals surface area contributed by atoms with Crippen molar-refractivity contribution in [1.29, 1.82) is 0 Å². The van der Waals surface area contributed by atoms with Gasteiger partial charge in [-0.1, -0.05) is 35.9 Å². The summed E-state index contributed by atoms with van der Waals surface area (Å²) in [4.78, 5) is 11.9. The summed E-state index contributed by atoms with van der Waals surface area (Å²) in [6, 6.07) is 12.8. The fourth-order valence-electron chi connectivity index (χ4n) is 1.73. The van der Waals surface area contributed by atoms with E-state index in [0.29, 0.717) is 16.4 Å². The molecule has 0 radical (unpaired) electrons. The summed E-state index contributed by atoms with van der Waals surface area (Å²) in [5.41, 5.74) is 8.76. The zero-order chi connectivity index (χ0) is 14.5. The van der Waals surface area contributed by atoms with Crippen LogP contribution in [0.5, 0.6) is 0 Å². The van der Waals surface area contributed by atoms with Crippen LogP contribution >= 0.6 is 11.6 Å². The Bertz CT molecular complexity index is 628. The van der Waals surface area contributed by atoms with E-state index in [9.17, 15) is 4.79 Å². The van der Waals surface area contributed by atoms with Crippen molar-refractivity contribution < 1.29 is 4.79 Å². The molecule has 4 heteroatoms. The normalized spacial score (nSPS) is 10.7. The van der Waals surface area contributed by atoms with Crippen molar-refractivity contribution in [2.24, 2.45) is 0 Å². The highest BCUT2D eigenvalue weighted by molar-refractivity contribution is 6.34. The number of carbonyl (C=O) groups is 1. The second kappa shape index (κ2) is 6.26. The minimum atomic E-state index is -0.224. The summed E-state index contributed by atoms with van der Waals surface area (Å²) in [5, 5.41) is 3.30. The third kappa shape index (κ3) is 3.62. The molecule has 2 aromatic rings. The van der Waals surface area contributed by atoms with Crippen molar-refractivity contribution in [3.8, 4) is 0 Å². The number of amides is 1. The van der Waals surface area contributed by atoms with Gasteiger partial charge < -0.3 is 11.1 Å². The standard InChI is InChI=1S/C16H15ClN2O/c1-11-3-2-4-14(17)16(11)19-15(20)10-7-12-5-8-13(18)9-6-12/h2-10H,18H2,1H3,(H,19,20)/b10-7+. The van der Waals surface area contributed by atoms with Gasteiger partial charge in [-0.05, 0) is 42.3 Å². The number of benzene rings is 2. The zero-order valence-corrected chi connectivity index (χ0v) is 11.8. The highest BCUT2D eigenvalue weighted by atomic mass is 35.5. The number of halogens is 1. The monoisotopic (exact) mass is 286 g/mol. The lowest BCUT2D eigenvalue weighted by Crippen LogP contribution is -2.09. The van der Waals surface area contributed by atoms with Crippen LogP contribution in [0.1, 0.15) is 11.1 Å². The molecular weight excluding hydrogens is 272 g/mol. The van der Waals surface area contributed by atoms with E-state index in [0.717, 1.165) is 11.1 Å². The predicted octanol–water partition coefficient (Wildman–Crippen LogP) is 3.88. The average molecular weight is 287 g/mol. The molecule has 0 fully saturated rings. The van der Waals surface area contributed by atoms with Crippen LogP contribution in [0, 0.1) is 6.92 Å². The number of nitrogen functional groups attached to an aromatic ring is 1. The highest BCUT2D eigenvalue weighted by Gasteiger charge is 2.05. The molecule has 0 saturated heterocycles. The van der Waals surface area contributed by atoms with Crippen molar-refractivity contribution in [1.82, 2.24) is 0 Å². The first-order valence-electron chi connectivity index (χ1n) is 6.16.